The second kappa shape index (κ2) is 3.77. The fraction of sp³-hybridized carbons (Fsp3) is 0.778. The minimum atomic E-state index is 0.579. The van der Waals surface area contributed by atoms with Gasteiger partial charge >= 0.3 is 0 Å². The molecule has 0 fully saturated rings. The van der Waals surface area contributed by atoms with Crippen molar-refractivity contribution >= 4 is 0 Å². The average molecular weight is 154 g/mol. The van der Waals surface area contributed by atoms with E-state index in [0.29, 0.717) is 6.17 Å². The minimum absolute atomic E-state index is 0.579. The second-order valence-corrected chi connectivity index (χ2v) is 2.93. The lowest BCUT2D eigenvalue weighted by Gasteiger charge is -2.38. The Morgan fingerprint density at radius 2 is 2.09 bits per heavy atom. The predicted molar refractivity (Wildman–Crippen MR) is 48.2 cm³/mol. The Balaban J connectivity index is 2.57. The predicted octanol–water partition coefficient (Wildman–Crippen LogP) is 1.50. The van der Waals surface area contributed by atoms with E-state index >= 15 is 0 Å². The van der Waals surface area contributed by atoms with Crippen LogP contribution in [0, 0.1) is 0 Å². The molecule has 0 amide bonds. The highest BCUT2D eigenvalue weighted by molar-refractivity contribution is 4.93. The van der Waals surface area contributed by atoms with E-state index < -0.39 is 0 Å². The van der Waals surface area contributed by atoms with Gasteiger partial charge in [0.05, 0.1) is 6.17 Å². The van der Waals surface area contributed by atoms with Gasteiger partial charge in [0.1, 0.15) is 0 Å². The molecule has 1 rings (SSSR count). The molecule has 2 nitrogen and oxygen atoms in total. The van der Waals surface area contributed by atoms with Crippen LogP contribution < -0.4 is 0 Å². The first kappa shape index (κ1) is 8.60. The van der Waals surface area contributed by atoms with Gasteiger partial charge in [-0.25, -0.2) is 0 Å². The van der Waals surface area contributed by atoms with Crippen molar-refractivity contribution < 1.29 is 0 Å². The lowest BCUT2D eigenvalue weighted by Crippen LogP contribution is -2.46. The molecule has 0 aromatic rings. The maximum absolute atomic E-state index is 2.45. The summed E-state index contributed by atoms with van der Waals surface area (Å²) in [7, 11) is 0. The molecular formula is C9H18N2. The second-order valence-electron chi connectivity index (χ2n) is 2.93. The van der Waals surface area contributed by atoms with Crippen LogP contribution in [0.15, 0.2) is 12.3 Å². The molecular weight excluding hydrogens is 136 g/mol. The molecule has 1 aliphatic rings. The maximum atomic E-state index is 2.45. The third-order valence-electron chi connectivity index (χ3n) is 2.42. The van der Waals surface area contributed by atoms with Crippen LogP contribution in [0.5, 0.6) is 0 Å². The molecule has 0 spiro atoms. The van der Waals surface area contributed by atoms with E-state index in [4.69, 9.17) is 0 Å². The van der Waals surface area contributed by atoms with E-state index in [0.717, 1.165) is 19.6 Å². The highest BCUT2D eigenvalue weighted by Crippen LogP contribution is 2.10. The molecule has 0 bridgehead atoms. The van der Waals surface area contributed by atoms with E-state index in [9.17, 15) is 0 Å². The molecule has 2 heteroatoms. The molecule has 0 aliphatic carbocycles. The van der Waals surface area contributed by atoms with Crippen LogP contribution in [0.1, 0.15) is 20.8 Å². The summed E-state index contributed by atoms with van der Waals surface area (Å²) in [6.07, 6.45) is 5.01. The van der Waals surface area contributed by atoms with Crippen LogP contribution >= 0.6 is 0 Å². The van der Waals surface area contributed by atoms with Crippen LogP contribution in [-0.2, 0) is 0 Å². The van der Waals surface area contributed by atoms with Gasteiger partial charge < -0.3 is 4.90 Å². The summed E-state index contributed by atoms with van der Waals surface area (Å²) in [5.41, 5.74) is 0. The number of likely N-dealkylation sites (N-methyl/N-ethyl adjacent to an activating group) is 1. The van der Waals surface area contributed by atoms with Crippen LogP contribution in [0.2, 0.25) is 0 Å². The molecule has 0 aromatic carbocycles. The highest BCUT2D eigenvalue weighted by atomic mass is 15.3. The monoisotopic (exact) mass is 154 g/mol. The molecule has 1 heterocycles. The zero-order valence-corrected chi connectivity index (χ0v) is 7.75. The third-order valence-corrected chi connectivity index (χ3v) is 2.42. The standard InChI is InChI=1S/C9H18N2/c1-4-10-7-6-8-11(5-2)9(10)3/h6-7,9H,4-5,8H2,1-3H3. The van der Waals surface area contributed by atoms with Crippen molar-refractivity contribution in [2.24, 2.45) is 0 Å². The maximum Gasteiger partial charge on any atom is 0.0788 e. The molecule has 0 saturated carbocycles. The molecule has 1 unspecified atom stereocenters. The van der Waals surface area contributed by atoms with Gasteiger partial charge in [-0.15, -0.1) is 0 Å². The quantitative estimate of drug-likeness (QED) is 0.595. The summed E-state index contributed by atoms with van der Waals surface area (Å²) in [5.74, 6) is 0. The van der Waals surface area contributed by atoms with E-state index in [1.807, 2.05) is 0 Å². The topological polar surface area (TPSA) is 6.48 Å². The first-order chi connectivity index (χ1) is 5.29. The van der Waals surface area contributed by atoms with Crippen molar-refractivity contribution in [3.05, 3.63) is 12.3 Å². The largest absolute Gasteiger partial charge is 0.363 e. The Labute approximate surface area is 69.5 Å². The summed E-state index contributed by atoms with van der Waals surface area (Å²) in [6, 6.07) is 0. The molecule has 64 valence electrons. The van der Waals surface area contributed by atoms with Gasteiger partial charge in [-0.3, -0.25) is 4.90 Å². The normalized spacial score (nSPS) is 26.1. The van der Waals surface area contributed by atoms with Crippen LogP contribution in [0.4, 0.5) is 0 Å². The number of rotatable bonds is 2. The lowest BCUT2D eigenvalue weighted by atomic mass is 10.3. The van der Waals surface area contributed by atoms with E-state index in [1.165, 1.54) is 0 Å². The van der Waals surface area contributed by atoms with Crippen molar-refractivity contribution in [2.45, 2.75) is 26.9 Å². The van der Waals surface area contributed by atoms with Crippen molar-refractivity contribution in [2.75, 3.05) is 19.6 Å². The highest BCUT2D eigenvalue weighted by Gasteiger charge is 2.17. The van der Waals surface area contributed by atoms with Gasteiger partial charge in [0.25, 0.3) is 0 Å². The van der Waals surface area contributed by atoms with Gasteiger partial charge in [0.15, 0.2) is 0 Å². The summed E-state index contributed by atoms with van der Waals surface area (Å²) >= 11 is 0. The number of nitrogens with zero attached hydrogens (tertiary/aromatic N) is 2. The SMILES string of the molecule is CCN1C=CCN(CC)C1C. The molecule has 0 aromatic heterocycles. The first-order valence-corrected chi connectivity index (χ1v) is 4.46. The Kier molecular flexibility index (Phi) is 2.94. The van der Waals surface area contributed by atoms with Gasteiger partial charge in [-0.05, 0) is 26.6 Å². The zero-order chi connectivity index (χ0) is 8.27. The molecule has 0 N–H and O–H groups in total. The van der Waals surface area contributed by atoms with Gasteiger partial charge in [-0.2, -0.15) is 0 Å². The zero-order valence-electron chi connectivity index (χ0n) is 7.75. The molecule has 1 aliphatic heterocycles. The number of hydrogen-bond donors (Lipinski definition) is 0. The Bertz CT molecular complexity index is 142. The smallest absolute Gasteiger partial charge is 0.0788 e. The summed E-state index contributed by atoms with van der Waals surface area (Å²) in [5, 5.41) is 0. The van der Waals surface area contributed by atoms with E-state index in [1.54, 1.807) is 0 Å². The Hall–Kier alpha value is -0.500. The fourth-order valence-corrected chi connectivity index (χ4v) is 1.57. The number of hydrogen-bond acceptors (Lipinski definition) is 2. The van der Waals surface area contributed by atoms with Crippen molar-refractivity contribution in [1.29, 1.82) is 0 Å². The Morgan fingerprint density at radius 3 is 2.64 bits per heavy atom. The van der Waals surface area contributed by atoms with Crippen LogP contribution in [0.3, 0.4) is 0 Å². The van der Waals surface area contributed by atoms with Gasteiger partial charge in [0.2, 0.25) is 0 Å². The Morgan fingerprint density at radius 1 is 1.36 bits per heavy atom. The minimum Gasteiger partial charge on any atom is -0.363 e. The van der Waals surface area contributed by atoms with Crippen molar-refractivity contribution in [3.63, 3.8) is 0 Å². The molecule has 0 saturated heterocycles. The van der Waals surface area contributed by atoms with E-state index in [-0.39, 0.29) is 0 Å². The van der Waals surface area contributed by atoms with Gasteiger partial charge in [-0.1, -0.05) is 13.0 Å². The third kappa shape index (κ3) is 1.74. The fourth-order valence-electron chi connectivity index (χ4n) is 1.57. The summed E-state index contributed by atoms with van der Waals surface area (Å²) in [6.45, 7) is 10.0. The molecule has 1 atom stereocenters. The van der Waals surface area contributed by atoms with Crippen molar-refractivity contribution in [3.8, 4) is 0 Å². The van der Waals surface area contributed by atoms with Crippen molar-refractivity contribution in [1.82, 2.24) is 9.80 Å². The lowest BCUT2D eigenvalue weighted by molar-refractivity contribution is 0.0966. The van der Waals surface area contributed by atoms with Crippen LogP contribution in [-0.4, -0.2) is 35.6 Å². The van der Waals surface area contributed by atoms with E-state index in [2.05, 4.69) is 42.8 Å². The molecule has 0 radical (unpaired) electrons. The van der Waals surface area contributed by atoms with Gasteiger partial charge in [0, 0.05) is 13.1 Å². The average Bonchev–Trinajstić information content (AvgIpc) is 2.05. The molecule has 11 heavy (non-hydrogen) atoms. The summed E-state index contributed by atoms with van der Waals surface area (Å²) in [4.78, 5) is 4.80. The first-order valence-electron chi connectivity index (χ1n) is 4.46. The van der Waals surface area contributed by atoms with Crippen LogP contribution in [0.25, 0.3) is 0 Å². The summed E-state index contributed by atoms with van der Waals surface area (Å²) < 4.78 is 0.